The number of carbonyl (C=O) groups excluding carboxylic acids is 1. The number of aromatic nitrogens is 1. The van der Waals surface area contributed by atoms with Crippen LogP contribution in [-0.2, 0) is 4.74 Å². The molecule has 1 N–H and O–H groups in total. The maximum atomic E-state index is 12.7. The molecule has 0 aliphatic carbocycles. The summed E-state index contributed by atoms with van der Waals surface area (Å²) in [4.78, 5) is 18.2. The third-order valence-electron chi connectivity index (χ3n) is 3.62. The highest BCUT2D eigenvalue weighted by molar-refractivity contribution is 8.76. The molecule has 4 nitrogen and oxygen atoms in total. The Balaban J connectivity index is 2.36. The van der Waals surface area contributed by atoms with Gasteiger partial charge in [-0.05, 0) is 30.4 Å². The topological polar surface area (TPSA) is 51.2 Å². The summed E-state index contributed by atoms with van der Waals surface area (Å²) in [6.45, 7) is 4.64. The second-order valence-electron chi connectivity index (χ2n) is 5.54. The van der Waals surface area contributed by atoms with Crippen LogP contribution in [0.25, 0.3) is 10.9 Å². The molecule has 1 aromatic heterocycles. The van der Waals surface area contributed by atoms with Gasteiger partial charge in [0.15, 0.2) is 0 Å². The predicted molar refractivity (Wildman–Crippen MR) is 99.1 cm³/mol. The van der Waals surface area contributed by atoms with Crippen molar-refractivity contribution in [1.29, 1.82) is 0 Å². The van der Waals surface area contributed by atoms with Gasteiger partial charge in [-0.15, -0.1) is 0 Å². The van der Waals surface area contributed by atoms with Crippen molar-refractivity contribution in [3.05, 3.63) is 36.0 Å². The van der Waals surface area contributed by atoms with Crippen LogP contribution < -0.4 is 5.32 Å². The molecule has 0 radical (unpaired) electrons. The largest absolute Gasteiger partial charge is 0.383 e. The van der Waals surface area contributed by atoms with Crippen LogP contribution in [0.15, 0.2) is 35.4 Å². The average Bonchev–Trinajstić information content (AvgIpc) is 2.54. The van der Waals surface area contributed by atoms with E-state index in [0.29, 0.717) is 18.1 Å². The number of hydrogen-bond acceptors (Lipinski definition) is 5. The van der Waals surface area contributed by atoms with E-state index in [-0.39, 0.29) is 11.9 Å². The van der Waals surface area contributed by atoms with Crippen LogP contribution in [0.1, 0.15) is 24.2 Å². The van der Waals surface area contributed by atoms with Crippen LogP contribution >= 0.6 is 21.6 Å². The standard InChI is InChI=1S/C17H22N2O2S2/c1-11(2)14(10-21-3)19-17(20)13-7-8-15(23-22-4)16-12(13)6-5-9-18-16/h5-9,11,14H,10H2,1-4H3,(H,19,20). The first-order valence-corrected chi connectivity index (χ1v) is 10.0. The van der Waals surface area contributed by atoms with Gasteiger partial charge < -0.3 is 10.1 Å². The smallest absolute Gasteiger partial charge is 0.252 e. The van der Waals surface area contributed by atoms with E-state index in [1.807, 2.05) is 30.5 Å². The molecule has 124 valence electrons. The first-order chi connectivity index (χ1) is 11.1. The van der Waals surface area contributed by atoms with Gasteiger partial charge in [0.2, 0.25) is 0 Å². The fourth-order valence-corrected chi connectivity index (χ4v) is 3.82. The van der Waals surface area contributed by atoms with Crippen molar-refractivity contribution in [2.45, 2.75) is 24.8 Å². The zero-order valence-electron chi connectivity index (χ0n) is 13.8. The highest BCUT2D eigenvalue weighted by Crippen LogP contribution is 2.34. The molecule has 2 aromatic rings. The van der Waals surface area contributed by atoms with Crippen LogP contribution in [-0.4, -0.2) is 36.9 Å². The molecular formula is C17H22N2O2S2. The highest BCUT2D eigenvalue weighted by atomic mass is 33.1. The summed E-state index contributed by atoms with van der Waals surface area (Å²) in [5, 5.41) is 3.95. The Kier molecular flexibility index (Phi) is 6.74. The molecule has 6 heteroatoms. The van der Waals surface area contributed by atoms with Crippen molar-refractivity contribution in [2.75, 3.05) is 20.0 Å². The maximum Gasteiger partial charge on any atom is 0.252 e. The zero-order chi connectivity index (χ0) is 16.8. The minimum Gasteiger partial charge on any atom is -0.383 e. The number of nitrogens with one attached hydrogen (secondary N) is 1. The van der Waals surface area contributed by atoms with E-state index in [2.05, 4.69) is 24.1 Å². The van der Waals surface area contributed by atoms with Crippen molar-refractivity contribution in [3.63, 3.8) is 0 Å². The third-order valence-corrected chi connectivity index (χ3v) is 5.33. The van der Waals surface area contributed by atoms with Crippen molar-refractivity contribution >= 4 is 38.4 Å². The summed E-state index contributed by atoms with van der Waals surface area (Å²) >= 11 is 0. The van der Waals surface area contributed by atoms with E-state index in [0.717, 1.165) is 15.8 Å². The summed E-state index contributed by atoms with van der Waals surface area (Å²) in [6, 6.07) is 7.64. The lowest BCUT2D eigenvalue weighted by Gasteiger charge is -2.22. The Labute approximate surface area is 145 Å². The maximum absolute atomic E-state index is 12.7. The fraction of sp³-hybridized carbons (Fsp3) is 0.412. The number of rotatable bonds is 7. The molecule has 1 atom stereocenters. The minimum absolute atomic E-state index is 0.0144. The van der Waals surface area contributed by atoms with Gasteiger partial charge in [-0.2, -0.15) is 0 Å². The normalized spacial score (nSPS) is 12.6. The number of methoxy groups -OCH3 is 1. The number of amides is 1. The monoisotopic (exact) mass is 350 g/mol. The van der Waals surface area contributed by atoms with Crippen molar-refractivity contribution in [3.8, 4) is 0 Å². The van der Waals surface area contributed by atoms with Crippen molar-refractivity contribution < 1.29 is 9.53 Å². The Morgan fingerprint density at radius 1 is 1.35 bits per heavy atom. The molecule has 2 rings (SSSR count). The van der Waals surface area contributed by atoms with Gasteiger partial charge in [-0.25, -0.2) is 0 Å². The van der Waals surface area contributed by atoms with E-state index in [4.69, 9.17) is 4.74 Å². The summed E-state index contributed by atoms with van der Waals surface area (Å²) in [7, 11) is 4.97. The van der Waals surface area contributed by atoms with Crippen LogP contribution in [0.5, 0.6) is 0 Å². The molecule has 0 aliphatic heterocycles. The quantitative estimate of drug-likeness (QED) is 0.765. The van der Waals surface area contributed by atoms with Crippen molar-refractivity contribution in [2.24, 2.45) is 5.92 Å². The van der Waals surface area contributed by atoms with Gasteiger partial charge in [0.05, 0.1) is 18.2 Å². The minimum atomic E-state index is -0.0838. The summed E-state index contributed by atoms with van der Waals surface area (Å²) in [5.41, 5.74) is 1.52. The lowest BCUT2D eigenvalue weighted by atomic mass is 10.0. The first kappa shape index (κ1) is 18.1. The molecule has 23 heavy (non-hydrogen) atoms. The van der Waals surface area contributed by atoms with E-state index in [1.165, 1.54) is 0 Å². The predicted octanol–water partition coefficient (Wildman–Crippen LogP) is 4.01. The Bertz CT molecular complexity index is 677. The number of pyridine rings is 1. The Hall–Kier alpha value is -1.24. The van der Waals surface area contributed by atoms with Gasteiger partial charge in [-0.3, -0.25) is 9.78 Å². The van der Waals surface area contributed by atoms with E-state index in [1.54, 1.807) is 34.9 Å². The summed E-state index contributed by atoms with van der Waals surface area (Å²) in [6.07, 6.45) is 3.79. The second kappa shape index (κ2) is 8.57. The number of carbonyl (C=O) groups is 1. The number of ether oxygens (including phenoxy) is 1. The Morgan fingerprint density at radius 2 is 2.13 bits per heavy atom. The van der Waals surface area contributed by atoms with Crippen LogP contribution in [0.2, 0.25) is 0 Å². The number of fused-ring (bicyclic) bond motifs is 1. The molecule has 0 fully saturated rings. The number of hydrogen-bond donors (Lipinski definition) is 1. The fourth-order valence-electron chi connectivity index (χ4n) is 2.33. The zero-order valence-corrected chi connectivity index (χ0v) is 15.5. The van der Waals surface area contributed by atoms with E-state index < -0.39 is 0 Å². The second-order valence-corrected chi connectivity index (χ2v) is 7.98. The molecule has 0 bridgehead atoms. The van der Waals surface area contributed by atoms with Crippen LogP contribution in [0, 0.1) is 5.92 Å². The lowest BCUT2D eigenvalue weighted by Crippen LogP contribution is -2.41. The van der Waals surface area contributed by atoms with E-state index >= 15 is 0 Å². The average molecular weight is 351 g/mol. The third kappa shape index (κ3) is 4.40. The van der Waals surface area contributed by atoms with Crippen LogP contribution in [0.4, 0.5) is 0 Å². The van der Waals surface area contributed by atoms with Gasteiger partial charge >= 0.3 is 0 Å². The Morgan fingerprint density at radius 3 is 2.78 bits per heavy atom. The molecule has 0 saturated heterocycles. The SMILES string of the molecule is COCC(NC(=O)c1ccc(SSC)c2ncccc12)C(C)C. The number of benzene rings is 1. The summed E-state index contributed by atoms with van der Waals surface area (Å²) < 4.78 is 5.21. The molecule has 0 saturated carbocycles. The van der Waals surface area contributed by atoms with Gasteiger partial charge in [0.25, 0.3) is 5.91 Å². The number of nitrogens with zero attached hydrogens (tertiary/aromatic N) is 1. The van der Waals surface area contributed by atoms with Gasteiger partial charge in [0, 0.05) is 29.2 Å². The summed E-state index contributed by atoms with van der Waals surface area (Å²) in [5.74, 6) is 0.217. The highest BCUT2D eigenvalue weighted by Gasteiger charge is 2.19. The van der Waals surface area contributed by atoms with Gasteiger partial charge in [-0.1, -0.05) is 41.5 Å². The van der Waals surface area contributed by atoms with E-state index in [9.17, 15) is 4.79 Å². The lowest BCUT2D eigenvalue weighted by molar-refractivity contribution is 0.0868. The molecular weight excluding hydrogens is 328 g/mol. The van der Waals surface area contributed by atoms with Crippen molar-refractivity contribution in [1.82, 2.24) is 10.3 Å². The molecule has 1 aromatic carbocycles. The van der Waals surface area contributed by atoms with Crippen LogP contribution in [0.3, 0.4) is 0 Å². The molecule has 0 aliphatic rings. The molecule has 0 spiro atoms. The van der Waals surface area contributed by atoms with Gasteiger partial charge in [0.1, 0.15) is 0 Å². The molecule has 1 amide bonds. The molecule has 1 unspecified atom stereocenters. The first-order valence-electron chi connectivity index (χ1n) is 7.46. The molecule has 1 heterocycles.